The topological polar surface area (TPSA) is 68.4 Å². The summed E-state index contributed by atoms with van der Waals surface area (Å²) in [7, 11) is 4.16. The minimum absolute atomic E-state index is 0.0388. The van der Waals surface area contributed by atoms with Crippen LogP contribution in [0.4, 0.5) is 10.1 Å². The average molecular weight is 435 g/mol. The number of amides is 1. The molecule has 6 nitrogen and oxygen atoms in total. The van der Waals surface area contributed by atoms with Crippen LogP contribution < -0.4 is 15.8 Å². The monoisotopic (exact) mass is 434 g/mol. The maximum Gasteiger partial charge on any atom is 0.258 e. The number of fused-ring (bicyclic) bond motifs is 1. The lowest BCUT2D eigenvalue weighted by atomic mass is 9.98. The third kappa shape index (κ3) is 3.37. The van der Waals surface area contributed by atoms with Gasteiger partial charge < -0.3 is 20.1 Å². The molecule has 1 saturated heterocycles. The molecule has 0 atom stereocenters. The number of anilines is 1. The highest BCUT2D eigenvalue weighted by Gasteiger charge is 2.47. The highest BCUT2D eigenvalue weighted by atomic mass is 19.1. The van der Waals surface area contributed by atoms with Gasteiger partial charge >= 0.3 is 0 Å². The van der Waals surface area contributed by atoms with Crippen molar-refractivity contribution in [1.29, 1.82) is 0 Å². The number of hydrogen-bond acceptors (Lipinski definition) is 4. The molecule has 32 heavy (non-hydrogen) atoms. The lowest BCUT2D eigenvalue weighted by Gasteiger charge is -2.44. The van der Waals surface area contributed by atoms with Gasteiger partial charge in [0.25, 0.3) is 11.5 Å². The summed E-state index contributed by atoms with van der Waals surface area (Å²) in [6, 6.07) is 11.1. The Morgan fingerprint density at radius 3 is 2.66 bits per heavy atom. The fourth-order valence-corrected chi connectivity index (χ4v) is 4.58. The number of hydrogen-bond donors (Lipinski definition) is 2. The molecule has 166 valence electrons. The van der Waals surface area contributed by atoms with E-state index in [-0.39, 0.29) is 11.3 Å². The summed E-state index contributed by atoms with van der Waals surface area (Å²) in [5.41, 5.74) is 2.29. The second kappa shape index (κ2) is 7.45. The Morgan fingerprint density at radius 1 is 1.22 bits per heavy atom. The van der Waals surface area contributed by atoms with Crippen molar-refractivity contribution in [2.45, 2.75) is 31.3 Å². The van der Waals surface area contributed by atoms with E-state index in [4.69, 9.17) is 0 Å². The summed E-state index contributed by atoms with van der Waals surface area (Å²) in [6.07, 6.45) is 3.10. The average Bonchev–Trinajstić information content (AvgIpc) is 3.48. The number of nitrogens with zero attached hydrogens (tertiary/aromatic N) is 2. The number of rotatable bonds is 5. The molecule has 3 aromatic rings. The van der Waals surface area contributed by atoms with Gasteiger partial charge in [0, 0.05) is 42.1 Å². The van der Waals surface area contributed by atoms with E-state index in [1.807, 2.05) is 19.1 Å². The van der Waals surface area contributed by atoms with Crippen molar-refractivity contribution in [3.8, 4) is 0 Å². The normalized spacial score (nSPS) is 17.5. The lowest BCUT2D eigenvalue weighted by molar-refractivity contribution is 0.0930. The minimum atomic E-state index is -0.595. The molecule has 1 aromatic heterocycles. The highest BCUT2D eigenvalue weighted by Crippen LogP contribution is 2.47. The molecule has 1 amide bonds. The van der Waals surface area contributed by atoms with E-state index in [2.05, 4.69) is 40.3 Å². The van der Waals surface area contributed by atoms with Crippen molar-refractivity contribution in [3.63, 3.8) is 0 Å². The van der Waals surface area contributed by atoms with Crippen molar-refractivity contribution in [1.82, 2.24) is 15.2 Å². The Kier molecular flexibility index (Phi) is 4.82. The number of aromatic nitrogens is 1. The molecule has 2 fully saturated rings. The quantitative estimate of drug-likeness (QED) is 0.648. The lowest BCUT2D eigenvalue weighted by Crippen LogP contribution is -2.57. The number of aromatic amines is 1. The maximum absolute atomic E-state index is 14.3. The van der Waals surface area contributed by atoms with Crippen LogP contribution in [0, 0.1) is 12.7 Å². The second-order valence-corrected chi connectivity index (χ2v) is 9.25. The summed E-state index contributed by atoms with van der Waals surface area (Å²) in [6.45, 7) is 3.81. The fraction of sp³-hybridized carbons (Fsp3) is 0.360. The number of pyridine rings is 1. The van der Waals surface area contributed by atoms with Crippen molar-refractivity contribution in [2.24, 2.45) is 0 Å². The number of aryl methyl sites for hydroxylation is 1. The summed E-state index contributed by atoms with van der Waals surface area (Å²) in [5, 5.41) is 3.78. The smallest absolute Gasteiger partial charge is 0.258 e. The zero-order valence-electron chi connectivity index (χ0n) is 18.5. The standard InChI is InChI=1S/C25H27FN4O2/c1-15-7-8-16(30-13-17(14-30)29(2)3)11-19(15)23(31)28-25(9-10-25)20-12-27-24(32)22-18(20)5-4-6-21(22)26/h4-8,11-12,17H,9-10,13-14H2,1-3H3,(H,27,32)(H,28,31). The third-order valence-corrected chi connectivity index (χ3v) is 6.92. The minimum Gasteiger partial charge on any atom is -0.368 e. The van der Waals surface area contributed by atoms with E-state index in [1.54, 1.807) is 18.3 Å². The Labute approximate surface area is 186 Å². The first-order chi connectivity index (χ1) is 15.3. The number of halogens is 1. The molecule has 0 spiro atoms. The molecular weight excluding hydrogens is 407 g/mol. The van der Waals surface area contributed by atoms with E-state index < -0.39 is 16.9 Å². The zero-order valence-corrected chi connectivity index (χ0v) is 18.5. The van der Waals surface area contributed by atoms with E-state index in [1.165, 1.54) is 6.07 Å². The van der Waals surface area contributed by atoms with E-state index >= 15 is 0 Å². The molecule has 2 aromatic carbocycles. The van der Waals surface area contributed by atoms with Gasteiger partial charge in [0.15, 0.2) is 0 Å². The van der Waals surface area contributed by atoms with Gasteiger partial charge in [-0.1, -0.05) is 18.2 Å². The van der Waals surface area contributed by atoms with Crippen LogP contribution in [0.2, 0.25) is 0 Å². The number of likely N-dealkylation sites (N-methyl/N-ethyl adjacent to an activating group) is 1. The summed E-state index contributed by atoms with van der Waals surface area (Å²) in [5.74, 6) is -0.705. The Bertz CT molecular complexity index is 1270. The van der Waals surface area contributed by atoms with Crippen LogP contribution in [-0.2, 0) is 5.54 Å². The van der Waals surface area contributed by atoms with Crippen molar-refractivity contribution >= 4 is 22.4 Å². The van der Waals surface area contributed by atoms with Crippen LogP contribution in [0.15, 0.2) is 47.4 Å². The molecule has 0 radical (unpaired) electrons. The number of carbonyl (C=O) groups excluding carboxylic acids is 1. The molecule has 1 aliphatic heterocycles. The summed E-state index contributed by atoms with van der Waals surface area (Å²) in [4.78, 5) is 32.7. The van der Waals surface area contributed by atoms with Crippen LogP contribution in [0.3, 0.4) is 0 Å². The van der Waals surface area contributed by atoms with Crippen molar-refractivity contribution in [3.05, 3.63) is 75.5 Å². The first-order valence-electron chi connectivity index (χ1n) is 10.9. The molecule has 1 aliphatic carbocycles. The first kappa shape index (κ1) is 20.7. The van der Waals surface area contributed by atoms with Gasteiger partial charge in [0.2, 0.25) is 0 Å². The molecule has 2 heterocycles. The third-order valence-electron chi connectivity index (χ3n) is 6.92. The van der Waals surface area contributed by atoms with Crippen LogP contribution >= 0.6 is 0 Å². The van der Waals surface area contributed by atoms with Crippen LogP contribution in [0.25, 0.3) is 10.8 Å². The maximum atomic E-state index is 14.3. The Morgan fingerprint density at radius 2 is 1.97 bits per heavy atom. The van der Waals surface area contributed by atoms with Gasteiger partial charge in [-0.2, -0.15) is 0 Å². The van der Waals surface area contributed by atoms with E-state index in [9.17, 15) is 14.0 Å². The number of carbonyl (C=O) groups is 1. The number of nitrogens with one attached hydrogen (secondary N) is 2. The van der Waals surface area contributed by atoms with E-state index in [0.29, 0.717) is 17.0 Å². The molecule has 7 heteroatoms. The Hall–Kier alpha value is -3.19. The predicted octanol–water partition coefficient (Wildman–Crippen LogP) is 3.14. The molecular formula is C25H27FN4O2. The zero-order chi connectivity index (χ0) is 22.6. The predicted molar refractivity (Wildman–Crippen MR) is 124 cm³/mol. The number of benzene rings is 2. The SMILES string of the molecule is Cc1ccc(N2CC(N(C)C)C2)cc1C(=O)NC1(c2c[nH]c(=O)c3c(F)cccc23)CC1. The van der Waals surface area contributed by atoms with Gasteiger partial charge in [-0.05, 0) is 63.0 Å². The van der Waals surface area contributed by atoms with E-state index in [0.717, 1.165) is 42.7 Å². The van der Waals surface area contributed by atoms with Crippen LogP contribution in [0.1, 0.15) is 34.3 Å². The molecule has 2 aliphatic rings. The van der Waals surface area contributed by atoms with Gasteiger partial charge in [-0.25, -0.2) is 4.39 Å². The summed E-state index contributed by atoms with van der Waals surface area (Å²) >= 11 is 0. The molecule has 1 saturated carbocycles. The van der Waals surface area contributed by atoms with Gasteiger partial charge in [-0.15, -0.1) is 0 Å². The largest absolute Gasteiger partial charge is 0.368 e. The molecule has 0 unspecified atom stereocenters. The molecule has 0 bridgehead atoms. The van der Waals surface area contributed by atoms with Crippen molar-refractivity contribution < 1.29 is 9.18 Å². The van der Waals surface area contributed by atoms with Gasteiger partial charge in [0.05, 0.1) is 10.9 Å². The van der Waals surface area contributed by atoms with Crippen LogP contribution in [0.5, 0.6) is 0 Å². The fourth-order valence-electron chi connectivity index (χ4n) is 4.58. The van der Waals surface area contributed by atoms with Crippen molar-refractivity contribution in [2.75, 3.05) is 32.1 Å². The van der Waals surface area contributed by atoms with Gasteiger partial charge in [0.1, 0.15) is 5.82 Å². The highest BCUT2D eigenvalue weighted by molar-refractivity contribution is 5.98. The number of H-pyrrole nitrogens is 1. The summed E-state index contributed by atoms with van der Waals surface area (Å²) < 4.78 is 14.3. The molecule has 5 rings (SSSR count). The Balaban J connectivity index is 1.43. The molecule has 2 N–H and O–H groups in total. The van der Waals surface area contributed by atoms with Crippen LogP contribution in [-0.4, -0.2) is 49.0 Å². The second-order valence-electron chi connectivity index (χ2n) is 9.25. The van der Waals surface area contributed by atoms with Gasteiger partial charge in [-0.3, -0.25) is 9.59 Å². The first-order valence-corrected chi connectivity index (χ1v) is 10.9.